The van der Waals surface area contributed by atoms with Crippen molar-refractivity contribution in [2.75, 3.05) is 11.9 Å². The van der Waals surface area contributed by atoms with Gasteiger partial charge in [-0.1, -0.05) is 6.07 Å². The first-order valence-corrected chi connectivity index (χ1v) is 7.40. The Balaban J connectivity index is 1.69. The van der Waals surface area contributed by atoms with Crippen molar-refractivity contribution in [1.29, 1.82) is 0 Å². The van der Waals surface area contributed by atoms with Gasteiger partial charge in [-0.25, -0.2) is 4.98 Å². The van der Waals surface area contributed by atoms with Gasteiger partial charge in [0.2, 0.25) is 5.91 Å². The molecule has 5 nitrogen and oxygen atoms in total. The van der Waals surface area contributed by atoms with E-state index in [1.54, 1.807) is 17.5 Å². The van der Waals surface area contributed by atoms with Gasteiger partial charge < -0.3 is 5.32 Å². The predicted octanol–water partition coefficient (Wildman–Crippen LogP) is 2.05. The zero-order chi connectivity index (χ0) is 13.9. The lowest BCUT2D eigenvalue weighted by molar-refractivity contribution is -0.114. The van der Waals surface area contributed by atoms with Crippen molar-refractivity contribution in [3.05, 3.63) is 40.7 Å². The van der Waals surface area contributed by atoms with Crippen LogP contribution in [0.5, 0.6) is 0 Å². The number of hydrogen-bond acceptors (Lipinski definition) is 5. The Kier molecular flexibility index (Phi) is 3.75. The van der Waals surface area contributed by atoms with E-state index in [1.165, 1.54) is 17.4 Å². The summed E-state index contributed by atoms with van der Waals surface area (Å²) >= 11 is 1.58. The summed E-state index contributed by atoms with van der Waals surface area (Å²) in [6, 6.07) is 4.06. The van der Waals surface area contributed by atoms with E-state index < -0.39 is 0 Å². The molecule has 1 aliphatic heterocycles. The third-order valence-electron chi connectivity index (χ3n) is 3.22. The molecule has 0 aromatic carbocycles. The number of thiazole rings is 1. The summed E-state index contributed by atoms with van der Waals surface area (Å²) in [6.07, 6.45) is 4.64. The first kappa shape index (κ1) is 13.2. The number of hydrogen-bond donors (Lipinski definition) is 1. The zero-order valence-corrected chi connectivity index (χ0v) is 12.1. The SMILES string of the molecule is CC(=O)Nc1nc2c(s1)CN(Cc1cccnc1)CC2. The molecule has 3 heterocycles. The normalized spacial score (nSPS) is 14.8. The second kappa shape index (κ2) is 5.68. The van der Waals surface area contributed by atoms with Crippen LogP contribution in [0.25, 0.3) is 0 Å². The van der Waals surface area contributed by atoms with E-state index >= 15 is 0 Å². The lowest BCUT2D eigenvalue weighted by Crippen LogP contribution is -2.29. The highest BCUT2D eigenvalue weighted by Gasteiger charge is 2.21. The molecular weight excluding hydrogens is 272 g/mol. The molecule has 0 radical (unpaired) electrons. The summed E-state index contributed by atoms with van der Waals surface area (Å²) in [7, 11) is 0. The van der Waals surface area contributed by atoms with Crippen LogP contribution in [0.15, 0.2) is 24.5 Å². The summed E-state index contributed by atoms with van der Waals surface area (Å²) in [6.45, 7) is 4.29. The quantitative estimate of drug-likeness (QED) is 0.939. The topological polar surface area (TPSA) is 58.1 Å². The number of carbonyl (C=O) groups excluding carboxylic acids is 1. The van der Waals surface area contributed by atoms with Crippen LogP contribution in [-0.2, 0) is 24.3 Å². The van der Waals surface area contributed by atoms with Gasteiger partial charge in [-0.2, -0.15) is 0 Å². The molecule has 2 aromatic rings. The molecule has 0 spiro atoms. The number of nitrogens with zero attached hydrogens (tertiary/aromatic N) is 3. The maximum atomic E-state index is 11.1. The first-order chi connectivity index (χ1) is 9.70. The fourth-order valence-electron chi connectivity index (χ4n) is 2.34. The molecule has 0 unspecified atom stereocenters. The van der Waals surface area contributed by atoms with E-state index in [0.717, 1.165) is 31.7 Å². The van der Waals surface area contributed by atoms with E-state index in [4.69, 9.17) is 0 Å². The van der Waals surface area contributed by atoms with Gasteiger partial charge in [0.1, 0.15) is 0 Å². The van der Waals surface area contributed by atoms with Crippen LogP contribution in [-0.4, -0.2) is 27.3 Å². The Morgan fingerprint density at radius 1 is 1.55 bits per heavy atom. The molecule has 0 saturated heterocycles. The van der Waals surface area contributed by atoms with Crippen molar-refractivity contribution in [3.63, 3.8) is 0 Å². The molecule has 0 bridgehead atoms. The lowest BCUT2D eigenvalue weighted by Gasteiger charge is -2.25. The van der Waals surface area contributed by atoms with Crippen molar-refractivity contribution in [2.45, 2.75) is 26.4 Å². The Labute approximate surface area is 121 Å². The van der Waals surface area contributed by atoms with Crippen molar-refractivity contribution >= 4 is 22.4 Å². The Morgan fingerprint density at radius 3 is 3.20 bits per heavy atom. The number of pyridine rings is 1. The van der Waals surface area contributed by atoms with Gasteiger partial charge in [0.15, 0.2) is 5.13 Å². The molecule has 1 N–H and O–H groups in total. The Hall–Kier alpha value is -1.79. The molecule has 3 rings (SSSR count). The predicted molar refractivity (Wildman–Crippen MR) is 78.5 cm³/mol. The summed E-state index contributed by atoms with van der Waals surface area (Å²) in [5.41, 5.74) is 2.35. The van der Waals surface area contributed by atoms with E-state index in [1.807, 2.05) is 12.3 Å². The first-order valence-electron chi connectivity index (χ1n) is 6.58. The van der Waals surface area contributed by atoms with Gasteiger partial charge in [0.05, 0.1) is 5.69 Å². The molecule has 1 amide bonds. The van der Waals surface area contributed by atoms with Gasteiger partial charge >= 0.3 is 0 Å². The Bertz CT molecular complexity index is 611. The molecule has 0 atom stereocenters. The molecule has 6 heteroatoms. The van der Waals surface area contributed by atoms with Crippen LogP contribution in [0.3, 0.4) is 0 Å². The van der Waals surface area contributed by atoms with Gasteiger partial charge in [-0.3, -0.25) is 14.7 Å². The Morgan fingerprint density at radius 2 is 2.45 bits per heavy atom. The monoisotopic (exact) mass is 288 g/mol. The van der Waals surface area contributed by atoms with Crippen LogP contribution in [0.2, 0.25) is 0 Å². The minimum atomic E-state index is -0.0664. The number of anilines is 1. The minimum Gasteiger partial charge on any atom is -0.302 e. The molecular formula is C14H16N4OS. The highest BCUT2D eigenvalue weighted by molar-refractivity contribution is 7.15. The van der Waals surface area contributed by atoms with E-state index in [-0.39, 0.29) is 5.91 Å². The number of nitrogens with one attached hydrogen (secondary N) is 1. The number of aromatic nitrogens is 2. The average molecular weight is 288 g/mol. The molecule has 0 fully saturated rings. The number of amides is 1. The highest BCUT2D eigenvalue weighted by Crippen LogP contribution is 2.28. The molecule has 104 valence electrons. The molecule has 2 aromatic heterocycles. The summed E-state index contributed by atoms with van der Waals surface area (Å²) in [4.78, 5) is 23.3. The summed E-state index contributed by atoms with van der Waals surface area (Å²) < 4.78 is 0. The molecule has 20 heavy (non-hydrogen) atoms. The second-order valence-corrected chi connectivity index (χ2v) is 5.98. The maximum Gasteiger partial charge on any atom is 0.223 e. The van der Waals surface area contributed by atoms with Gasteiger partial charge in [-0.15, -0.1) is 11.3 Å². The summed E-state index contributed by atoms with van der Waals surface area (Å²) in [5, 5.41) is 3.48. The van der Waals surface area contributed by atoms with Crippen LogP contribution in [0.4, 0.5) is 5.13 Å². The van der Waals surface area contributed by atoms with Gasteiger partial charge in [0.25, 0.3) is 0 Å². The van der Waals surface area contributed by atoms with E-state index in [0.29, 0.717) is 5.13 Å². The van der Waals surface area contributed by atoms with Crippen molar-refractivity contribution in [2.24, 2.45) is 0 Å². The summed E-state index contributed by atoms with van der Waals surface area (Å²) in [5.74, 6) is -0.0664. The van der Waals surface area contributed by atoms with Crippen molar-refractivity contribution < 1.29 is 4.79 Å². The van der Waals surface area contributed by atoms with Gasteiger partial charge in [0, 0.05) is 50.2 Å². The second-order valence-electron chi connectivity index (χ2n) is 4.89. The van der Waals surface area contributed by atoms with E-state index in [9.17, 15) is 4.79 Å². The van der Waals surface area contributed by atoms with E-state index in [2.05, 4.69) is 26.3 Å². The molecule has 0 saturated carbocycles. The fraction of sp³-hybridized carbons (Fsp3) is 0.357. The van der Waals surface area contributed by atoms with Gasteiger partial charge in [-0.05, 0) is 11.6 Å². The smallest absolute Gasteiger partial charge is 0.223 e. The van der Waals surface area contributed by atoms with Crippen molar-refractivity contribution in [1.82, 2.24) is 14.9 Å². The average Bonchev–Trinajstić information content (AvgIpc) is 2.80. The van der Waals surface area contributed by atoms with Crippen LogP contribution < -0.4 is 5.32 Å². The maximum absolute atomic E-state index is 11.1. The lowest BCUT2D eigenvalue weighted by atomic mass is 10.1. The highest BCUT2D eigenvalue weighted by atomic mass is 32.1. The molecule has 0 aliphatic carbocycles. The van der Waals surface area contributed by atoms with Crippen LogP contribution >= 0.6 is 11.3 Å². The number of rotatable bonds is 3. The fourth-order valence-corrected chi connectivity index (χ4v) is 3.43. The largest absolute Gasteiger partial charge is 0.302 e. The van der Waals surface area contributed by atoms with Crippen LogP contribution in [0, 0.1) is 0 Å². The molecule has 1 aliphatic rings. The minimum absolute atomic E-state index is 0.0664. The third-order valence-corrected chi connectivity index (χ3v) is 4.22. The number of carbonyl (C=O) groups is 1. The van der Waals surface area contributed by atoms with Crippen LogP contribution in [0.1, 0.15) is 23.1 Å². The zero-order valence-electron chi connectivity index (χ0n) is 11.3. The number of fused-ring (bicyclic) bond motifs is 1. The van der Waals surface area contributed by atoms with Crippen molar-refractivity contribution in [3.8, 4) is 0 Å². The third kappa shape index (κ3) is 3.02. The standard InChI is InChI=1S/C14H16N4OS/c1-10(19)16-14-17-12-4-6-18(9-13(12)20-14)8-11-3-2-5-15-7-11/h2-3,5,7H,4,6,8-9H2,1H3,(H,16,17,19).